The fourth-order valence-electron chi connectivity index (χ4n) is 4.64. The molecule has 3 aromatic rings. The molecule has 38 heavy (non-hydrogen) atoms. The Balaban J connectivity index is 1.60. The third-order valence-corrected chi connectivity index (χ3v) is 7.69. The minimum Gasteiger partial charge on any atom is -0.370 e. The number of rotatable bonds is 10. The Labute approximate surface area is 226 Å². The summed E-state index contributed by atoms with van der Waals surface area (Å²) in [6.07, 6.45) is 3.33. The van der Waals surface area contributed by atoms with Crippen LogP contribution in [0.4, 0.5) is 11.4 Å². The summed E-state index contributed by atoms with van der Waals surface area (Å²) in [5.41, 5.74) is 2.58. The third-order valence-electron chi connectivity index (χ3n) is 6.70. The van der Waals surface area contributed by atoms with Crippen LogP contribution in [-0.4, -0.2) is 63.0 Å². The van der Waals surface area contributed by atoms with E-state index in [1.165, 1.54) is 23.9 Å². The number of piperidine rings is 1. The fourth-order valence-corrected chi connectivity index (χ4v) is 5.53. The van der Waals surface area contributed by atoms with Gasteiger partial charge in [-0.25, -0.2) is 0 Å². The summed E-state index contributed by atoms with van der Waals surface area (Å²) >= 11 is 1.52. The Hall–Kier alpha value is -3.73. The van der Waals surface area contributed by atoms with E-state index in [2.05, 4.69) is 32.3 Å². The molecular formula is C27H33N7O3S. The predicted molar refractivity (Wildman–Crippen MR) is 150 cm³/mol. The van der Waals surface area contributed by atoms with E-state index in [0.29, 0.717) is 41.9 Å². The lowest BCUT2D eigenvalue weighted by atomic mass is 9.95. The molecule has 1 atom stereocenters. The van der Waals surface area contributed by atoms with Gasteiger partial charge in [-0.3, -0.25) is 14.9 Å². The Bertz CT molecular complexity index is 1290. The molecule has 0 bridgehead atoms. The minimum atomic E-state index is -0.408. The summed E-state index contributed by atoms with van der Waals surface area (Å²) in [6.45, 7) is 8.51. The van der Waals surface area contributed by atoms with E-state index in [1.807, 2.05) is 43.9 Å². The molecule has 1 aliphatic heterocycles. The second kappa shape index (κ2) is 12.7. The van der Waals surface area contributed by atoms with Crippen LogP contribution < -0.4 is 4.90 Å². The van der Waals surface area contributed by atoms with Crippen molar-refractivity contribution in [1.82, 2.24) is 19.8 Å². The summed E-state index contributed by atoms with van der Waals surface area (Å²) in [7, 11) is 0. The molecule has 0 radical (unpaired) electrons. The monoisotopic (exact) mass is 535 g/mol. The van der Waals surface area contributed by atoms with Crippen molar-refractivity contribution in [3.05, 3.63) is 75.6 Å². The van der Waals surface area contributed by atoms with Gasteiger partial charge in [0, 0.05) is 55.3 Å². The van der Waals surface area contributed by atoms with Crippen LogP contribution in [0.1, 0.15) is 43.6 Å². The van der Waals surface area contributed by atoms with Gasteiger partial charge in [0.15, 0.2) is 5.82 Å². The van der Waals surface area contributed by atoms with E-state index in [-0.39, 0.29) is 17.5 Å². The van der Waals surface area contributed by atoms with Crippen molar-refractivity contribution in [3.8, 4) is 0 Å². The molecule has 2 aromatic carbocycles. The maximum atomic E-state index is 13.0. The average molecular weight is 536 g/mol. The number of non-ortho nitro benzene ring substituents is 1. The average Bonchev–Trinajstić information content (AvgIpc) is 3.30. The van der Waals surface area contributed by atoms with Crippen LogP contribution in [0.25, 0.3) is 0 Å². The van der Waals surface area contributed by atoms with E-state index in [4.69, 9.17) is 0 Å². The predicted octanol–water partition coefficient (Wildman–Crippen LogP) is 4.75. The van der Waals surface area contributed by atoms with Gasteiger partial charge < -0.3 is 9.80 Å². The number of carbonyl (C=O) groups is 1. The van der Waals surface area contributed by atoms with Crippen molar-refractivity contribution in [3.63, 3.8) is 0 Å². The van der Waals surface area contributed by atoms with Crippen molar-refractivity contribution >= 4 is 35.3 Å². The van der Waals surface area contributed by atoms with Gasteiger partial charge in [-0.1, -0.05) is 42.1 Å². The summed E-state index contributed by atoms with van der Waals surface area (Å²) < 4.78 is 1.65. The first-order valence-electron chi connectivity index (χ1n) is 12.9. The molecule has 10 nitrogen and oxygen atoms in total. The number of hydrogen-bond donors (Lipinski definition) is 0. The Morgan fingerprint density at radius 2 is 1.97 bits per heavy atom. The quantitative estimate of drug-likeness (QED) is 0.159. The van der Waals surface area contributed by atoms with E-state index in [0.717, 1.165) is 30.6 Å². The third kappa shape index (κ3) is 6.39. The SMILES string of the molecule is CCN(CC)C(=O)[C@@H]1CCCN(c2ccc([N+](=O)[O-])cc2/C=N\n2c(C)nnc2SCc2ccccc2)C1. The van der Waals surface area contributed by atoms with Crippen LogP contribution in [0.2, 0.25) is 0 Å². The van der Waals surface area contributed by atoms with Gasteiger partial charge in [-0.05, 0) is 45.2 Å². The number of aromatic nitrogens is 3. The zero-order valence-electron chi connectivity index (χ0n) is 22.0. The first kappa shape index (κ1) is 27.3. The number of carbonyl (C=O) groups excluding carboxylic acids is 1. The highest BCUT2D eigenvalue weighted by Gasteiger charge is 2.29. The van der Waals surface area contributed by atoms with Gasteiger partial charge in [0.25, 0.3) is 5.69 Å². The molecule has 1 aromatic heterocycles. The summed E-state index contributed by atoms with van der Waals surface area (Å²) in [4.78, 5) is 28.2. The first-order chi connectivity index (χ1) is 18.4. The molecule has 1 amide bonds. The van der Waals surface area contributed by atoms with Crippen LogP contribution in [0, 0.1) is 23.0 Å². The number of thioether (sulfide) groups is 1. The molecule has 11 heteroatoms. The van der Waals surface area contributed by atoms with Crippen molar-refractivity contribution in [1.29, 1.82) is 0 Å². The number of hydrogen-bond acceptors (Lipinski definition) is 8. The molecule has 0 aliphatic carbocycles. The lowest BCUT2D eigenvalue weighted by Gasteiger charge is -2.36. The molecule has 200 valence electrons. The van der Waals surface area contributed by atoms with Crippen LogP contribution >= 0.6 is 11.8 Å². The number of benzene rings is 2. The van der Waals surface area contributed by atoms with Gasteiger partial charge in [-0.2, -0.15) is 9.78 Å². The van der Waals surface area contributed by atoms with Gasteiger partial charge in [-0.15, -0.1) is 10.2 Å². The van der Waals surface area contributed by atoms with Crippen molar-refractivity contribution in [2.24, 2.45) is 11.0 Å². The van der Waals surface area contributed by atoms with Crippen LogP contribution in [0.3, 0.4) is 0 Å². The van der Waals surface area contributed by atoms with Gasteiger partial charge in [0.1, 0.15) is 0 Å². The topological polar surface area (TPSA) is 110 Å². The number of amides is 1. The highest BCUT2D eigenvalue weighted by atomic mass is 32.2. The van der Waals surface area contributed by atoms with Gasteiger partial charge >= 0.3 is 0 Å². The molecule has 2 heterocycles. The van der Waals surface area contributed by atoms with Gasteiger partial charge in [0.2, 0.25) is 11.1 Å². The van der Waals surface area contributed by atoms with E-state index >= 15 is 0 Å². The number of nitro groups is 1. The lowest BCUT2D eigenvalue weighted by Crippen LogP contribution is -2.45. The molecule has 0 N–H and O–H groups in total. The van der Waals surface area contributed by atoms with Crippen molar-refractivity contribution < 1.29 is 9.72 Å². The molecular weight excluding hydrogens is 502 g/mol. The molecule has 0 spiro atoms. The minimum absolute atomic E-state index is 0.0119. The maximum absolute atomic E-state index is 13.0. The Morgan fingerprint density at radius 3 is 2.68 bits per heavy atom. The van der Waals surface area contributed by atoms with E-state index in [9.17, 15) is 14.9 Å². The highest BCUT2D eigenvalue weighted by Crippen LogP contribution is 2.30. The van der Waals surface area contributed by atoms with Crippen molar-refractivity contribution in [2.45, 2.75) is 44.5 Å². The van der Waals surface area contributed by atoms with Crippen molar-refractivity contribution in [2.75, 3.05) is 31.1 Å². The van der Waals surface area contributed by atoms with Crippen LogP contribution in [0.15, 0.2) is 58.8 Å². The smallest absolute Gasteiger partial charge is 0.270 e. The normalized spacial score (nSPS) is 15.7. The second-order valence-electron chi connectivity index (χ2n) is 9.16. The second-order valence-corrected chi connectivity index (χ2v) is 10.1. The standard InChI is InChI=1S/C27H33N7O3S/c1-4-31(5-2)26(35)22-12-9-15-32(18-22)25-14-13-24(34(36)37)16-23(25)17-28-33-20(3)29-30-27(33)38-19-21-10-7-6-8-11-21/h6-8,10-11,13-14,16-17,22H,4-5,9,12,15,18-19H2,1-3H3/b28-17-/t22-/m1/s1. The van der Waals surface area contributed by atoms with Crippen LogP contribution in [0.5, 0.6) is 0 Å². The van der Waals surface area contributed by atoms with Gasteiger partial charge in [0.05, 0.1) is 17.1 Å². The number of aryl methyl sites for hydroxylation is 1. The zero-order valence-corrected chi connectivity index (χ0v) is 22.8. The molecule has 0 unspecified atom stereocenters. The molecule has 1 aliphatic rings. The molecule has 1 fully saturated rings. The number of anilines is 1. The zero-order chi connectivity index (χ0) is 27.1. The lowest BCUT2D eigenvalue weighted by molar-refractivity contribution is -0.384. The number of nitro benzene ring substituents is 1. The van der Waals surface area contributed by atoms with Crippen LogP contribution in [-0.2, 0) is 10.5 Å². The van der Waals surface area contributed by atoms with E-state index < -0.39 is 4.92 Å². The summed E-state index contributed by atoms with van der Waals surface area (Å²) in [5.74, 6) is 1.39. The molecule has 4 rings (SSSR count). The Morgan fingerprint density at radius 1 is 1.21 bits per heavy atom. The fraction of sp³-hybridized carbons (Fsp3) is 0.407. The summed E-state index contributed by atoms with van der Waals surface area (Å²) in [5, 5.41) is 25.3. The molecule has 0 saturated carbocycles. The number of nitrogens with zero attached hydrogens (tertiary/aromatic N) is 7. The highest BCUT2D eigenvalue weighted by molar-refractivity contribution is 7.98. The largest absolute Gasteiger partial charge is 0.370 e. The van der Waals surface area contributed by atoms with E-state index in [1.54, 1.807) is 17.0 Å². The Kier molecular flexibility index (Phi) is 9.11. The first-order valence-corrected chi connectivity index (χ1v) is 13.8. The maximum Gasteiger partial charge on any atom is 0.270 e. The summed E-state index contributed by atoms with van der Waals surface area (Å²) in [6, 6.07) is 14.9. The molecule has 1 saturated heterocycles.